The van der Waals surface area contributed by atoms with E-state index >= 15 is 0 Å². The molecule has 0 aliphatic rings. The number of rotatable bonds is 6. The molecular formula is C18H23N3O3. The van der Waals surface area contributed by atoms with Crippen molar-refractivity contribution < 1.29 is 14.7 Å². The van der Waals surface area contributed by atoms with E-state index in [9.17, 15) is 9.59 Å². The van der Waals surface area contributed by atoms with Gasteiger partial charge in [-0.3, -0.25) is 9.59 Å². The third-order valence-electron chi connectivity index (χ3n) is 4.01. The van der Waals surface area contributed by atoms with E-state index in [0.717, 1.165) is 16.9 Å². The predicted molar refractivity (Wildman–Crippen MR) is 91.5 cm³/mol. The van der Waals surface area contributed by atoms with E-state index in [1.807, 2.05) is 52.0 Å². The van der Waals surface area contributed by atoms with E-state index in [-0.39, 0.29) is 12.3 Å². The summed E-state index contributed by atoms with van der Waals surface area (Å²) in [4.78, 5) is 23.3. The Hall–Kier alpha value is -2.63. The average Bonchev–Trinajstić information content (AvgIpc) is 2.87. The molecule has 0 bridgehead atoms. The van der Waals surface area contributed by atoms with E-state index in [1.54, 1.807) is 10.9 Å². The highest BCUT2D eigenvalue weighted by Crippen LogP contribution is 2.19. The van der Waals surface area contributed by atoms with Gasteiger partial charge in [0.2, 0.25) is 0 Å². The maximum Gasteiger partial charge on any atom is 0.303 e. The Morgan fingerprint density at radius 2 is 1.92 bits per heavy atom. The Kier molecular flexibility index (Phi) is 5.07. The summed E-state index contributed by atoms with van der Waals surface area (Å²) in [6.45, 7) is 7.47. The van der Waals surface area contributed by atoms with E-state index < -0.39 is 11.5 Å². The van der Waals surface area contributed by atoms with Crippen LogP contribution in [0, 0.1) is 13.8 Å². The first-order chi connectivity index (χ1) is 11.2. The van der Waals surface area contributed by atoms with Gasteiger partial charge in [0.15, 0.2) is 0 Å². The van der Waals surface area contributed by atoms with E-state index in [2.05, 4.69) is 10.4 Å². The lowest BCUT2D eigenvalue weighted by Gasteiger charge is -2.25. The van der Waals surface area contributed by atoms with Crippen molar-refractivity contribution in [3.05, 3.63) is 47.3 Å². The molecule has 0 aliphatic heterocycles. The molecule has 1 aromatic heterocycles. The molecule has 0 fully saturated rings. The van der Waals surface area contributed by atoms with E-state index in [0.29, 0.717) is 12.0 Å². The smallest absolute Gasteiger partial charge is 0.303 e. The topological polar surface area (TPSA) is 84.2 Å². The van der Waals surface area contributed by atoms with Crippen molar-refractivity contribution in [2.45, 2.75) is 46.1 Å². The number of amides is 1. The summed E-state index contributed by atoms with van der Waals surface area (Å²) >= 11 is 0. The van der Waals surface area contributed by atoms with Crippen LogP contribution in [0.3, 0.4) is 0 Å². The number of hydrogen-bond donors (Lipinski definition) is 2. The summed E-state index contributed by atoms with van der Waals surface area (Å²) in [7, 11) is 0. The van der Waals surface area contributed by atoms with E-state index in [4.69, 9.17) is 5.11 Å². The number of aliphatic carboxylic acids is 1. The molecular weight excluding hydrogens is 306 g/mol. The Balaban J connectivity index is 2.20. The van der Waals surface area contributed by atoms with Crippen LogP contribution < -0.4 is 5.32 Å². The van der Waals surface area contributed by atoms with Gasteiger partial charge in [-0.15, -0.1) is 0 Å². The highest BCUT2D eigenvalue weighted by molar-refractivity contribution is 5.95. The summed E-state index contributed by atoms with van der Waals surface area (Å²) in [5.74, 6) is -1.12. The molecule has 2 aromatic rings. The van der Waals surface area contributed by atoms with Crippen LogP contribution in [-0.4, -0.2) is 32.3 Å². The molecule has 6 nitrogen and oxygen atoms in total. The number of carbonyl (C=O) groups is 2. The predicted octanol–water partition coefficient (Wildman–Crippen LogP) is 2.86. The number of benzene rings is 1. The van der Waals surface area contributed by atoms with Gasteiger partial charge in [0, 0.05) is 12.0 Å². The van der Waals surface area contributed by atoms with Crippen molar-refractivity contribution in [1.82, 2.24) is 15.1 Å². The largest absolute Gasteiger partial charge is 0.481 e. The summed E-state index contributed by atoms with van der Waals surface area (Å²) < 4.78 is 1.74. The quantitative estimate of drug-likeness (QED) is 0.853. The molecule has 0 radical (unpaired) electrons. The average molecular weight is 329 g/mol. The number of nitrogens with one attached hydrogen (secondary N) is 1. The number of carboxylic acids is 1. The summed E-state index contributed by atoms with van der Waals surface area (Å²) in [6.07, 6.45) is 1.91. The maximum atomic E-state index is 12.5. The molecule has 128 valence electrons. The fraction of sp³-hybridized carbons (Fsp3) is 0.389. The molecule has 0 saturated carbocycles. The Bertz CT molecular complexity index is 763. The first-order valence-electron chi connectivity index (χ1n) is 7.86. The van der Waals surface area contributed by atoms with Gasteiger partial charge >= 0.3 is 5.97 Å². The van der Waals surface area contributed by atoms with Crippen LogP contribution in [-0.2, 0) is 4.79 Å². The number of aryl methyl sites for hydroxylation is 1. The van der Waals surface area contributed by atoms with Gasteiger partial charge in [-0.2, -0.15) is 5.10 Å². The number of carbonyl (C=O) groups excluding carboxylic acids is 1. The number of para-hydroxylation sites is 1. The van der Waals surface area contributed by atoms with Crippen molar-refractivity contribution >= 4 is 11.9 Å². The summed E-state index contributed by atoms with van der Waals surface area (Å²) in [5, 5.41) is 16.0. The Morgan fingerprint density at radius 1 is 1.25 bits per heavy atom. The minimum Gasteiger partial charge on any atom is -0.481 e. The molecule has 0 spiro atoms. The monoisotopic (exact) mass is 329 g/mol. The van der Waals surface area contributed by atoms with Crippen molar-refractivity contribution in [2.24, 2.45) is 0 Å². The van der Waals surface area contributed by atoms with Gasteiger partial charge in [-0.05, 0) is 45.7 Å². The van der Waals surface area contributed by atoms with Crippen LogP contribution in [0.25, 0.3) is 5.69 Å². The second kappa shape index (κ2) is 6.86. The van der Waals surface area contributed by atoms with Gasteiger partial charge in [-0.1, -0.05) is 18.2 Å². The van der Waals surface area contributed by atoms with Crippen LogP contribution >= 0.6 is 0 Å². The lowest BCUT2D eigenvalue weighted by molar-refractivity contribution is -0.137. The van der Waals surface area contributed by atoms with Crippen LogP contribution in [0.15, 0.2) is 30.5 Å². The number of hydrogen-bond acceptors (Lipinski definition) is 3. The van der Waals surface area contributed by atoms with Crippen LogP contribution in [0.5, 0.6) is 0 Å². The first-order valence-corrected chi connectivity index (χ1v) is 7.86. The van der Waals surface area contributed by atoms with E-state index in [1.165, 1.54) is 0 Å². The SMILES string of the molecule is Cc1ccccc1-n1ncc(C(=O)NC(C)(C)CCC(=O)O)c1C. The molecule has 6 heteroatoms. The third-order valence-corrected chi connectivity index (χ3v) is 4.01. The highest BCUT2D eigenvalue weighted by Gasteiger charge is 2.24. The zero-order valence-electron chi connectivity index (χ0n) is 14.5. The maximum absolute atomic E-state index is 12.5. The third kappa shape index (κ3) is 4.01. The van der Waals surface area contributed by atoms with Crippen molar-refractivity contribution in [1.29, 1.82) is 0 Å². The molecule has 2 rings (SSSR count). The van der Waals surface area contributed by atoms with Gasteiger partial charge in [0.25, 0.3) is 5.91 Å². The standard InChI is InChI=1S/C18H23N3O3/c1-12-7-5-6-8-15(12)21-13(2)14(11-19-21)17(24)20-18(3,4)10-9-16(22)23/h5-8,11H,9-10H2,1-4H3,(H,20,24)(H,22,23). The lowest BCUT2D eigenvalue weighted by atomic mass is 9.98. The fourth-order valence-corrected chi connectivity index (χ4v) is 2.53. The van der Waals surface area contributed by atoms with Gasteiger partial charge in [0.05, 0.1) is 23.1 Å². The molecule has 24 heavy (non-hydrogen) atoms. The van der Waals surface area contributed by atoms with Gasteiger partial charge < -0.3 is 10.4 Å². The number of nitrogens with zero attached hydrogens (tertiary/aromatic N) is 2. The number of aromatic nitrogens is 2. The molecule has 2 N–H and O–H groups in total. The zero-order valence-corrected chi connectivity index (χ0v) is 14.5. The Labute approximate surface area is 141 Å². The summed E-state index contributed by atoms with van der Waals surface area (Å²) in [6, 6.07) is 7.83. The van der Waals surface area contributed by atoms with Crippen LogP contribution in [0.2, 0.25) is 0 Å². The molecule has 1 aromatic carbocycles. The van der Waals surface area contributed by atoms with Crippen LogP contribution in [0.4, 0.5) is 0 Å². The fourth-order valence-electron chi connectivity index (χ4n) is 2.53. The molecule has 0 unspecified atom stereocenters. The number of carboxylic acid groups (broad SMARTS) is 1. The lowest BCUT2D eigenvalue weighted by Crippen LogP contribution is -2.43. The summed E-state index contributed by atoms with van der Waals surface area (Å²) in [5.41, 5.74) is 2.63. The molecule has 0 aliphatic carbocycles. The molecule has 0 atom stereocenters. The second-order valence-electron chi connectivity index (χ2n) is 6.57. The normalized spacial score (nSPS) is 11.3. The van der Waals surface area contributed by atoms with Crippen molar-refractivity contribution in [3.8, 4) is 5.69 Å². The highest BCUT2D eigenvalue weighted by atomic mass is 16.4. The van der Waals surface area contributed by atoms with Crippen molar-refractivity contribution in [2.75, 3.05) is 0 Å². The second-order valence-corrected chi connectivity index (χ2v) is 6.57. The minimum absolute atomic E-state index is 0.00866. The Morgan fingerprint density at radius 3 is 2.54 bits per heavy atom. The van der Waals surface area contributed by atoms with Gasteiger partial charge in [-0.25, -0.2) is 4.68 Å². The minimum atomic E-state index is -0.874. The first kappa shape index (κ1) is 17.7. The van der Waals surface area contributed by atoms with Crippen LogP contribution in [0.1, 0.15) is 48.3 Å². The van der Waals surface area contributed by atoms with Gasteiger partial charge in [0.1, 0.15) is 0 Å². The molecule has 0 saturated heterocycles. The van der Waals surface area contributed by atoms with Crippen molar-refractivity contribution in [3.63, 3.8) is 0 Å². The zero-order chi connectivity index (χ0) is 17.9. The molecule has 1 heterocycles. The molecule has 1 amide bonds.